The minimum absolute atomic E-state index is 0.179. The van der Waals surface area contributed by atoms with E-state index in [1.54, 1.807) is 35.0 Å². The molecule has 1 heterocycles. The van der Waals surface area contributed by atoms with Crippen LogP contribution in [0.15, 0.2) is 85.1 Å². The van der Waals surface area contributed by atoms with E-state index in [1.807, 2.05) is 36.5 Å². The molecule has 0 spiro atoms. The van der Waals surface area contributed by atoms with Crippen molar-refractivity contribution in [2.24, 2.45) is 0 Å². The van der Waals surface area contributed by atoms with Crippen LogP contribution in [0.25, 0.3) is 16.9 Å². The normalized spacial score (nSPS) is 10.6. The minimum atomic E-state index is -1.10. The van der Waals surface area contributed by atoms with Gasteiger partial charge in [0.15, 0.2) is 6.61 Å². The molecule has 1 amide bonds. The maximum atomic E-state index is 13.4. The quantitative estimate of drug-likeness (QED) is 0.426. The maximum absolute atomic E-state index is 13.4. The second kappa shape index (κ2) is 9.78. The fourth-order valence-corrected chi connectivity index (χ4v) is 3.25. The van der Waals surface area contributed by atoms with Gasteiger partial charge in [0.1, 0.15) is 11.6 Å². The monoisotopic (exact) mass is 445 g/mol. The summed E-state index contributed by atoms with van der Waals surface area (Å²) in [7, 11) is 0. The van der Waals surface area contributed by atoms with Crippen LogP contribution in [0.5, 0.6) is 5.75 Å². The van der Waals surface area contributed by atoms with Crippen LogP contribution in [0.4, 0.5) is 4.39 Å². The van der Waals surface area contributed by atoms with E-state index in [-0.39, 0.29) is 24.0 Å². The molecule has 8 heteroatoms. The van der Waals surface area contributed by atoms with Gasteiger partial charge in [0.05, 0.1) is 11.4 Å². The molecule has 0 aliphatic heterocycles. The number of amides is 1. The number of hydrogen-bond acceptors (Lipinski definition) is 4. The van der Waals surface area contributed by atoms with Gasteiger partial charge >= 0.3 is 5.97 Å². The lowest BCUT2D eigenvalue weighted by molar-refractivity contribution is -0.139. The first-order chi connectivity index (χ1) is 16.0. The first-order valence-electron chi connectivity index (χ1n) is 10.1. The number of ether oxygens (including phenoxy) is 1. The summed E-state index contributed by atoms with van der Waals surface area (Å²) in [5.41, 5.74) is 3.27. The van der Waals surface area contributed by atoms with Gasteiger partial charge in [0.2, 0.25) is 0 Å². The Kier molecular flexibility index (Phi) is 6.45. The van der Waals surface area contributed by atoms with Crippen LogP contribution in [0, 0.1) is 5.82 Å². The number of hydrogen-bond donors (Lipinski definition) is 2. The second-order valence-corrected chi connectivity index (χ2v) is 7.18. The third-order valence-corrected chi connectivity index (χ3v) is 4.83. The summed E-state index contributed by atoms with van der Waals surface area (Å²) in [5.74, 6) is -1.52. The van der Waals surface area contributed by atoms with Gasteiger partial charge in [0, 0.05) is 29.4 Å². The molecule has 0 fully saturated rings. The van der Waals surface area contributed by atoms with E-state index in [9.17, 15) is 14.0 Å². The van der Waals surface area contributed by atoms with Crippen molar-refractivity contribution in [3.05, 3.63) is 102 Å². The smallest absolute Gasteiger partial charge is 0.341 e. The molecular formula is C25H20FN3O4. The fourth-order valence-electron chi connectivity index (χ4n) is 3.25. The lowest BCUT2D eigenvalue weighted by Crippen LogP contribution is -2.23. The third-order valence-electron chi connectivity index (χ3n) is 4.83. The van der Waals surface area contributed by atoms with Crippen molar-refractivity contribution in [1.29, 1.82) is 0 Å². The molecule has 0 radical (unpaired) electrons. The van der Waals surface area contributed by atoms with Crippen molar-refractivity contribution in [2.45, 2.75) is 6.54 Å². The summed E-state index contributed by atoms with van der Waals surface area (Å²) in [6.07, 6.45) is 1.82. The zero-order chi connectivity index (χ0) is 23.2. The average Bonchev–Trinajstić information content (AvgIpc) is 3.27. The minimum Gasteiger partial charge on any atom is -0.482 e. The molecule has 4 aromatic rings. The zero-order valence-electron chi connectivity index (χ0n) is 17.4. The molecule has 1 aromatic heterocycles. The first kappa shape index (κ1) is 21.8. The highest BCUT2D eigenvalue weighted by atomic mass is 19.1. The Morgan fingerprint density at radius 2 is 1.76 bits per heavy atom. The highest BCUT2D eigenvalue weighted by molar-refractivity contribution is 5.94. The number of nitrogens with one attached hydrogen (secondary N) is 1. The largest absolute Gasteiger partial charge is 0.482 e. The van der Waals surface area contributed by atoms with Gasteiger partial charge in [-0.25, -0.2) is 13.9 Å². The summed E-state index contributed by atoms with van der Waals surface area (Å²) in [5, 5.41) is 16.3. The molecule has 0 aliphatic carbocycles. The van der Waals surface area contributed by atoms with Crippen molar-refractivity contribution in [3.8, 4) is 22.7 Å². The van der Waals surface area contributed by atoms with Crippen LogP contribution in [0.1, 0.15) is 15.9 Å². The number of carbonyl (C=O) groups is 2. The van der Waals surface area contributed by atoms with Crippen molar-refractivity contribution in [1.82, 2.24) is 15.1 Å². The van der Waals surface area contributed by atoms with Gasteiger partial charge in [0.25, 0.3) is 5.91 Å². The molecule has 0 atom stereocenters. The molecule has 2 N–H and O–H groups in total. The van der Waals surface area contributed by atoms with Gasteiger partial charge < -0.3 is 15.2 Å². The molecule has 3 aromatic carbocycles. The van der Waals surface area contributed by atoms with E-state index >= 15 is 0 Å². The highest BCUT2D eigenvalue weighted by Crippen LogP contribution is 2.24. The number of halogens is 1. The molecule has 0 saturated carbocycles. The number of carbonyl (C=O) groups excluding carboxylic acids is 1. The third kappa shape index (κ3) is 5.43. The number of carboxylic acid groups (broad SMARTS) is 1. The van der Waals surface area contributed by atoms with Crippen molar-refractivity contribution >= 4 is 11.9 Å². The molecular weight excluding hydrogens is 425 g/mol. The lowest BCUT2D eigenvalue weighted by Gasteiger charge is -2.08. The molecule has 33 heavy (non-hydrogen) atoms. The molecule has 0 bridgehead atoms. The zero-order valence-corrected chi connectivity index (χ0v) is 17.4. The Morgan fingerprint density at radius 3 is 2.48 bits per heavy atom. The summed E-state index contributed by atoms with van der Waals surface area (Å²) in [4.78, 5) is 23.4. The van der Waals surface area contributed by atoms with Crippen molar-refractivity contribution < 1.29 is 23.8 Å². The van der Waals surface area contributed by atoms with E-state index in [0.717, 1.165) is 16.8 Å². The Morgan fingerprint density at radius 1 is 1.00 bits per heavy atom. The van der Waals surface area contributed by atoms with E-state index in [0.29, 0.717) is 11.3 Å². The molecule has 7 nitrogen and oxygen atoms in total. The van der Waals surface area contributed by atoms with Gasteiger partial charge in [-0.05, 0) is 54.6 Å². The number of carboxylic acids is 1. The number of nitrogens with zero attached hydrogens (tertiary/aromatic N) is 2. The number of aromatic nitrogens is 2. The van der Waals surface area contributed by atoms with Crippen LogP contribution in [-0.4, -0.2) is 33.4 Å². The van der Waals surface area contributed by atoms with Gasteiger partial charge in [-0.2, -0.15) is 5.10 Å². The fraction of sp³-hybridized carbons (Fsp3) is 0.0800. The molecule has 0 saturated heterocycles. The van der Waals surface area contributed by atoms with Crippen LogP contribution >= 0.6 is 0 Å². The summed E-state index contributed by atoms with van der Waals surface area (Å²) < 4.78 is 20.3. The number of para-hydroxylation sites is 1. The van der Waals surface area contributed by atoms with Gasteiger partial charge in [-0.1, -0.05) is 24.3 Å². The first-order valence-corrected chi connectivity index (χ1v) is 10.1. The molecule has 0 unspecified atom stereocenters. The lowest BCUT2D eigenvalue weighted by atomic mass is 10.1. The maximum Gasteiger partial charge on any atom is 0.341 e. The van der Waals surface area contributed by atoms with E-state index in [4.69, 9.17) is 9.84 Å². The van der Waals surface area contributed by atoms with E-state index < -0.39 is 12.6 Å². The van der Waals surface area contributed by atoms with Gasteiger partial charge in [-0.3, -0.25) is 4.79 Å². The number of benzene rings is 3. The average molecular weight is 445 g/mol. The Hall–Kier alpha value is -4.46. The van der Waals surface area contributed by atoms with Crippen LogP contribution in [0.2, 0.25) is 0 Å². The highest BCUT2D eigenvalue weighted by Gasteiger charge is 2.15. The van der Waals surface area contributed by atoms with Gasteiger partial charge in [-0.15, -0.1) is 0 Å². The van der Waals surface area contributed by atoms with Crippen molar-refractivity contribution in [2.75, 3.05) is 6.61 Å². The van der Waals surface area contributed by atoms with E-state index in [2.05, 4.69) is 10.4 Å². The Bertz CT molecular complexity index is 1270. The van der Waals surface area contributed by atoms with Crippen LogP contribution < -0.4 is 10.1 Å². The van der Waals surface area contributed by atoms with Crippen LogP contribution in [0.3, 0.4) is 0 Å². The predicted molar refractivity (Wildman–Crippen MR) is 120 cm³/mol. The predicted octanol–water partition coefficient (Wildman–Crippen LogP) is 4.07. The summed E-state index contributed by atoms with van der Waals surface area (Å²) >= 11 is 0. The molecule has 4 rings (SSSR count). The second-order valence-electron chi connectivity index (χ2n) is 7.18. The SMILES string of the molecule is O=C(O)COc1cccc(C(=O)NCc2cn(-c3ccccc3)nc2-c2ccc(F)cc2)c1. The van der Waals surface area contributed by atoms with Crippen molar-refractivity contribution in [3.63, 3.8) is 0 Å². The van der Waals surface area contributed by atoms with Crippen LogP contribution in [-0.2, 0) is 11.3 Å². The standard InChI is InChI=1S/C25H20FN3O4/c26-20-11-9-17(10-12-20)24-19(15-29(28-24)21-6-2-1-3-7-21)14-27-25(32)18-5-4-8-22(13-18)33-16-23(30)31/h1-13,15H,14,16H2,(H,27,32)(H,30,31). The number of aliphatic carboxylic acids is 1. The summed E-state index contributed by atoms with van der Waals surface area (Å²) in [6.45, 7) is -0.316. The summed E-state index contributed by atoms with van der Waals surface area (Å²) in [6, 6.07) is 21.8. The molecule has 0 aliphatic rings. The Labute approximate surface area is 189 Å². The molecule has 166 valence electrons. The Balaban J connectivity index is 1.56. The van der Waals surface area contributed by atoms with E-state index in [1.165, 1.54) is 18.2 Å². The number of rotatable bonds is 8. The topological polar surface area (TPSA) is 93.5 Å².